The number of nitrogens with two attached hydrogens (primary N) is 1. The van der Waals surface area contributed by atoms with Gasteiger partial charge in [0.25, 0.3) is 0 Å². The highest BCUT2D eigenvalue weighted by atomic mass is 32.2. The first-order valence-electron chi connectivity index (χ1n) is 5.64. The molecule has 1 aromatic carbocycles. The summed E-state index contributed by atoms with van der Waals surface area (Å²) in [7, 11) is 0. The van der Waals surface area contributed by atoms with Crippen molar-refractivity contribution in [2.24, 2.45) is 0 Å². The Labute approximate surface area is 110 Å². The molecular weight excluding hydrogens is 248 g/mol. The molecule has 5 heteroatoms. The van der Waals surface area contributed by atoms with E-state index in [0.717, 1.165) is 15.8 Å². The van der Waals surface area contributed by atoms with Gasteiger partial charge in [0.1, 0.15) is 0 Å². The van der Waals surface area contributed by atoms with Crippen LogP contribution in [0.25, 0.3) is 10.9 Å². The molecule has 0 radical (unpaired) electrons. The fourth-order valence-corrected chi connectivity index (χ4v) is 2.47. The number of nitrogens with zero attached hydrogens (tertiary/aromatic N) is 1. The number of benzene rings is 1. The summed E-state index contributed by atoms with van der Waals surface area (Å²) in [6.45, 7) is 2.20. The molecular formula is C13H14N2O2S. The average molecular weight is 262 g/mol. The van der Waals surface area contributed by atoms with Crippen molar-refractivity contribution in [3.05, 3.63) is 30.5 Å². The minimum absolute atomic E-state index is 0.212. The minimum atomic E-state index is -0.212. The average Bonchev–Trinajstić information content (AvgIpc) is 2.37. The molecule has 2 rings (SSSR count). The molecule has 0 aliphatic carbocycles. The maximum Gasteiger partial charge on any atom is 0.316 e. The molecule has 0 fully saturated rings. The fraction of sp³-hybridized carbons (Fsp3) is 0.231. The second kappa shape index (κ2) is 5.73. The van der Waals surface area contributed by atoms with E-state index in [9.17, 15) is 4.79 Å². The zero-order valence-electron chi connectivity index (χ0n) is 10.1. The Kier molecular flexibility index (Phi) is 4.04. The van der Waals surface area contributed by atoms with Crippen molar-refractivity contribution >= 4 is 34.3 Å². The lowest BCUT2D eigenvalue weighted by Gasteiger charge is -2.06. The van der Waals surface area contributed by atoms with Crippen LogP contribution in [0.4, 0.5) is 5.69 Å². The lowest BCUT2D eigenvalue weighted by Crippen LogP contribution is -2.06. The van der Waals surface area contributed by atoms with E-state index in [4.69, 9.17) is 10.5 Å². The van der Waals surface area contributed by atoms with Gasteiger partial charge in [-0.15, -0.1) is 11.8 Å². The van der Waals surface area contributed by atoms with Gasteiger partial charge in [0, 0.05) is 16.5 Å². The summed E-state index contributed by atoms with van der Waals surface area (Å²) in [5.41, 5.74) is 7.28. The van der Waals surface area contributed by atoms with Crippen molar-refractivity contribution in [3.8, 4) is 0 Å². The predicted molar refractivity (Wildman–Crippen MR) is 73.5 cm³/mol. The van der Waals surface area contributed by atoms with Crippen LogP contribution in [0.3, 0.4) is 0 Å². The first kappa shape index (κ1) is 12.7. The largest absolute Gasteiger partial charge is 0.465 e. The molecule has 0 spiro atoms. The summed E-state index contributed by atoms with van der Waals surface area (Å²) in [6.07, 6.45) is 1.70. The van der Waals surface area contributed by atoms with Gasteiger partial charge < -0.3 is 10.5 Å². The monoisotopic (exact) mass is 262 g/mol. The molecule has 2 N–H and O–H groups in total. The molecule has 4 nitrogen and oxygen atoms in total. The standard InChI is InChI=1S/C13H14N2O2S/c1-2-17-12(16)8-18-11-6-7-15-13-9(11)4-3-5-10(13)14/h3-7H,2,8,14H2,1H3. The van der Waals surface area contributed by atoms with Crippen LogP contribution >= 0.6 is 11.8 Å². The number of anilines is 1. The third kappa shape index (κ3) is 2.73. The molecule has 1 heterocycles. The summed E-state index contributed by atoms with van der Waals surface area (Å²) in [4.78, 5) is 16.6. The number of hydrogen-bond acceptors (Lipinski definition) is 5. The number of para-hydroxylation sites is 1. The number of carbonyl (C=O) groups excluding carboxylic acids is 1. The van der Waals surface area contributed by atoms with E-state index in [1.807, 2.05) is 24.3 Å². The molecule has 2 aromatic rings. The second-order valence-electron chi connectivity index (χ2n) is 3.65. The van der Waals surface area contributed by atoms with Gasteiger partial charge in [-0.05, 0) is 19.1 Å². The van der Waals surface area contributed by atoms with Crippen LogP contribution < -0.4 is 5.73 Å². The Morgan fingerprint density at radius 1 is 1.44 bits per heavy atom. The zero-order chi connectivity index (χ0) is 13.0. The zero-order valence-corrected chi connectivity index (χ0v) is 10.9. The smallest absolute Gasteiger partial charge is 0.316 e. The minimum Gasteiger partial charge on any atom is -0.465 e. The summed E-state index contributed by atoms with van der Waals surface area (Å²) >= 11 is 1.44. The van der Waals surface area contributed by atoms with Crippen LogP contribution in [-0.4, -0.2) is 23.3 Å². The molecule has 0 amide bonds. The Hall–Kier alpha value is -1.75. The van der Waals surface area contributed by atoms with Crippen LogP contribution in [0.2, 0.25) is 0 Å². The van der Waals surface area contributed by atoms with Gasteiger partial charge in [-0.3, -0.25) is 9.78 Å². The van der Waals surface area contributed by atoms with E-state index in [1.165, 1.54) is 11.8 Å². The summed E-state index contributed by atoms with van der Waals surface area (Å²) in [5, 5.41) is 0.965. The molecule has 1 aromatic heterocycles. The normalized spacial score (nSPS) is 10.5. The highest BCUT2D eigenvalue weighted by Gasteiger charge is 2.08. The number of rotatable bonds is 4. The Balaban J connectivity index is 2.23. The Bertz CT molecular complexity index is 572. The van der Waals surface area contributed by atoms with Gasteiger partial charge >= 0.3 is 5.97 Å². The van der Waals surface area contributed by atoms with Gasteiger partial charge in [0.2, 0.25) is 0 Å². The third-order valence-electron chi connectivity index (χ3n) is 2.41. The van der Waals surface area contributed by atoms with Crippen molar-refractivity contribution in [2.75, 3.05) is 18.1 Å². The maximum absolute atomic E-state index is 11.3. The Morgan fingerprint density at radius 2 is 2.28 bits per heavy atom. The molecule has 0 unspecified atom stereocenters. The molecule has 18 heavy (non-hydrogen) atoms. The quantitative estimate of drug-likeness (QED) is 0.521. The van der Waals surface area contributed by atoms with Crippen LogP contribution in [0.1, 0.15) is 6.92 Å². The number of carbonyl (C=O) groups is 1. The molecule has 0 saturated carbocycles. The number of hydrogen-bond donors (Lipinski definition) is 1. The summed E-state index contributed by atoms with van der Waals surface area (Å²) in [6, 6.07) is 7.53. The van der Waals surface area contributed by atoms with Gasteiger partial charge in [0.15, 0.2) is 0 Å². The first-order valence-corrected chi connectivity index (χ1v) is 6.62. The fourth-order valence-electron chi connectivity index (χ4n) is 1.64. The molecule has 0 saturated heterocycles. The number of ether oxygens (including phenoxy) is 1. The van der Waals surface area contributed by atoms with Crippen LogP contribution in [0.15, 0.2) is 35.4 Å². The Morgan fingerprint density at radius 3 is 3.06 bits per heavy atom. The van der Waals surface area contributed by atoms with E-state index in [2.05, 4.69) is 4.98 Å². The van der Waals surface area contributed by atoms with Gasteiger partial charge in [-0.25, -0.2) is 0 Å². The molecule has 0 aliphatic rings. The topological polar surface area (TPSA) is 65.2 Å². The number of esters is 1. The van der Waals surface area contributed by atoms with Crippen molar-refractivity contribution in [1.82, 2.24) is 4.98 Å². The van der Waals surface area contributed by atoms with E-state index in [1.54, 1.807) is 13.1 Å². The molecule has 0 bridgehead atoms. The lowest BCUT2D eigenvalue weighted by atomic mass is 10.2. The van der Waals surface area contributed by atoms with Crippen molar-refractivity contribution in [2.45, 2.75) is 11.8 Å². The van der Waals surface area contributed by atoms with E-state index in [0.29, 0.717) is 18.0 Å². The van der Waals surface area contributed by atoms with Crippen LogP contribution in [0.5, 0.6) is 0 Å². The number of aromatic nitrogens is 1. The van der Waals surface area contributed by atoms with Crippen LogP contribution in [-0.2, 0) is 9.53 Å². The molecule has 0 atom stereocenters. The van der Waals surface area contributed by atoms with E-state index in [-0.39, 0.29) is 5.97 Å². The van der Waals surface area contributed by atoms with Crippen molar-refractivity contribution < 1.29 is 9.53 Å². The number of fused-ring (bicyclic) bond motifs is 1. The maximum atomic E-state index is 11.3. The third-order valence-corrected chi connectivity index (χ3v) is 3.46. The van der Waals surface area contributed by atoms with Gasteiger partial charge in [-0.1, -0.05) is 12.1 Å². The van der Waals surface area contributed by atoms with Crippen molar-refractivity contribution in [1.29, 1.82) is 0 Å². The lowest BCUT2D eigenvalue weighted by molar-refractivity contribution is -0.139. The van der Waals surface area contributed by atoms with E-state index < -0.39 is 0 Å². The van der Waals surface area contributed by atoms with Crippen molar-refractivity contribution in [3.63, 3.8) is 0 Å². The number of thioether (sulfide) groups is 1. The van der Waals surface area contributed by atoms with Crippen LogP contribution in [0, 0.1) is 0 Å². The summed E-state index contributed by atoms with van der Waals surface area (Å²) in [5.74, 6) is 0.0817. The first-order chi connectivity index (χ1) is 8.72. The second-order valence-corrected chi connectivity index (χ2v) is 4.66. The number of pyridine rings is 1. The van der Waals surface area contributed by atoms with E-state index >= 15 is 0 Å². The molecule has 0 aliphatic heterocycles. The predicted octanol–water partition coefficient (Wildman–Crippen LogP) is 2.47. The SMILES string of the molecule is CCOC(=O)CSc1ccnc2c(N)cccc12. The number of nitrogen functional groups attached to an aromatic ring is 1. The van der Waals surface area contributed by atoms with Gasteiger partial charge in [0.05, 0.1) is 23.6 Å². The van der Waals surface area contributed by atoms with Gasteiger partial charge in [-0.2, -0.15) is 0 Å². The highest BCUT2D eigenvalue weighted by molar-refractivity contribution is 8.00. The molecule has 94 valence electrons. The highest BCUT2D eigenvalue weighted by Crippen LogP contribution is 2.29. The summed E-state index contributed by atoms with van der Waals surface area (Å²) < 4.78 is 4.90.